The number of benzene rings is 2. The average molecular weight is 335 g/mol. The highest BCUT2D eigenvalue weighted by atomic mass is 16.4. The Morgan fingerprint density at radius 1 is 1.04 bits per heavy atom. The molecule has 1 aliphatic rings. The molecule has 1 unspecified atom stereocenters. The van der Waals surface area contributed by atoms with E-state index in [9.17, 15) is 10.1 Å². The molecule has 0 amide bonds. The molecule has 0 aliphatic carbocycles. The summed E-state index contributed by atoms with van der Waals surface area (Å²) >= 11 is 0. The van der Waals surface area contributed by atoms with Gasteiger partial charge in [0.2, 0.25) is 0 Å². The van der Waals surface area contributed by atoms with E-state index in [1.165, 1.54) is 5.56 Å². The molecule has 0 radical (unpaired) electrons. The maximum absolute atomic E-state index is 10.9. The summed E-state index contributed by atoms with van der Waals surface area (Å²) in [6.45, 7) is 3.97. The molecule has 25 heavy (non-hydrogen) atoms. The molecule has 0 saturated carbocycles. The van der Waals surface area contributed by atoms with Gasteiger partial charge in [-0.1, -0.05) is 42.5 Å². The molecule has 1 aliphatic heterocycles. The summed E-state index contributed by atoms with van der Waals surface area (Å²) in [6.07, 6.45) is 0. The third-order valence-corrected chi connectivity index (χ3v) is 4.56. The summed E-state index contributed by atoms with van der Waals surface area (Å²) in [5.74, 6) is -0.911. The van der Waals surface area contributed by atoms with E-state index in [2.05, 4.69) is 28.0 Å². The van der Waals surface area contributed by atoms with Crippen molar-refractivity contribution in [3.8, 4) is 6.07 Å². The second-order valence-corrected chi connectivity index (χ2v) is 6.34. The zero-order valence-electron chi connectivity index (χ0n) is 14.0. The van der Waals surface area contributed by atoms with Gasteiger partial charge in [-0.2, -0.15) is 5.26 Å². The lowest BCUT2D eigenvalue weighted by atomic mass is 10.1. The van der Waals surface area contributed by atoms with E-state index in [1.807, 2.05) is 30.3 Å². The lowest BCUT2D eigenvalue weighted by Crippen LogP contribution is -2.51. The van der Waals surface area contributed by atoms with Crippen LogP contribution in [0.3, 0.4) is 0 Å². The highest BCUT2D eigenvalue weighted by Crippen LogP contribution is 2.16. The van der Waals surface area contributed by atoms with Gasteiger partial charge in [0.1, 0.15) is 6.04 Å². The molecule has 5 heteroatoms. The van der Waals surface area contributed by atoms with Crippen LogP contribution < -0.4 is 0 Å². The molecule has 0 aromatic heterocycles. The van der Waals surface area contributed by atoms with Crippen LogP contribution in [0.25, 0.3) is 0 Å². The Morgan fingerprint density at radius 2 is 1.72 bits per heavy atom. The number of rotatable bonds is 5. The number of nitriles is 1. The molecular weight excluding hydrogens is 314 g/mol. The van der Waals surface area contributed by atoms with Crippen molar-refractivity contribution in [2.24, 2.45) is 0 Å². The Kier molecular flexibility index (Phi) is 5.44. The zero-order chi connectivity index (χ0) is 17.6. The Balaban J connectivity index is 1.59. The largest absolute Gasteiger partial charge is 0.478 e. The van der Waals surface area contributed by atoms with Crippen molar-refractivity contribution in [3.63, 3.8) is 0 Å². The Labute approximate surface area is 147 Å². The van der Waals surface area contributed by atoms with Crippen LogP contribution in [0.2, 0.25) is 0 Å². The van der Waals surface area contributed by atoms with Gasteiger partial charge >= 0.3 is 5.97 Å². The van der Waals surface area contributed by atoms with Gasteiger partial charge in [-0.3, -0.25) is 9.80 Å². The molecule has 1 fully saturated rings. The normalized spacial score (nSPS) is 18.6. The number of aromatic carboxylic acids is 1. The fourth-order valence-corrected chi connectivity index (χ4v) is 3.16. The summed E-state index contributed by atoms with van der Waals surface area (Å²) in [6, 6.07) is 19.5. The van der Waals surface area contributed by atoms with E-state index >= 15 is 0 Å². The molecule has 1 atom stereocenters. The Bertz CT molecular complexity index is 753. The molecule has 0 spiro atoms. The number of hydrogen-bond donors (Lipinski definition) is 1. The van der Waals surface area contributed by atoms with Crippen LogP contribution in [0.15, 0.2) is 54.6 Å². The number of hydrogen-bond acceptors (Lipinski definition) is 4. The quantitative estimate of drug-likeness (QED) is 0.910. The molecule has 128 valence electrons. The van der Waals surface area contributed by atoms with Crippen molar-refractivity contribution in [3.05, 3.63) is 71.3 Å². The van der Waals surface area contributed by atoms with Crippen molar-refractivity contribution in [1.29, 1.82) is 5.26 Å². The molecule has 1 saturated heterocycles. The van der Waals surface area contributed by atoms with Gasteiger partial charge in [0, 0.05) is 32.7 Å². The maximum Gasteiger partial charge on any atom is 0.335 e. The Hall–Kier alpha value is -2.68. The minimum Gasteiger partial charge on any atom is -0.478 e. The predicted octanol–water partition coefficient (Wildman–Crippen LogP) is 2.59. The summed E-state index contributed by atoms with van der Waals surface area (Å²) < 4.78 is 0. The first-order valence-electron chi connectivity index (χ1n) is 8.38. The summed E-state index contributed by atoms with van der Waals surface area (Å²) in [7, 11) is 0. The standard InChI is InChI=1S/C20H21N3O2/c21-12-19-15-22(13-17-6-8-18(9-7-17)20(24)25)10-11-23(19)14-16-4-2-1-3-5-16/h1-9,19H,10-11,13-15H2,(H,24,25). The number of carbonyl (C=O) groups is 1. The lowest BCUT2D eigenvalue weighted by molar-refractivity contribution is 0.0696. The van der Waals surface area contributed by atoms with E-state index in [4.69, 9.17) is 5.11 Å². The van der Waals surface area contributed by atoms with Gasteiger partial charge in [-0.05, 0) is 23.3 Å². The van der Waals surface area contributed by atoms with Gasteiger partial charge < -0.3 is 5.11 Å². The highest BCUT2D eigenvalue weighted by Gasteiger charge is 2.26. The van der Waals surface area contributed by atoms with E-state index in [-0.39, 0.29) is 6.04 Å². The van der Waals surface area contributed by atoms with E-state index in [1.54, 1.807) is 12.1 Å². The van der Waals surface area contributed by atoms with Crippen molar-refractivity contribution >= 4 is 5.97 Å². The van der Waals surface area contributed by atoms with Gasteiger partial charge in [0.25, 0.3) is 0 Å². The molecule has 5 nitrogen and oxygen atoms in total. The van der Waals surface area contributed by atoms with Gasteiger partial charge in [-0.25, -0.2) is 4.79 Å². The van der Waals surface area contributed by atoms with Crippen molar-refractivity contribution in [2.45, 2.75) is 19.1 Å². The number of piperazine rings is 1. The lowest BCUT2D eigenvalue weighted by Gasteiger charge is -2.38. The molecule has 1 heterocycles. The first kappa shape index (κ1) is 17.2. The molecule has 2 aromatic carbocycles. The Morgan fingerprint density at radius 3 is 2.36 bits per heavy atom. The van der Waals surface area contributed by atoms with Crippen LogP contribution in [0.1, 0.15) is 21.5 Å². The molecule has 1 N–H and O–H groups in total. The second kappa shape index (κ2) is 7.93. The van der Waals surface area contributed by atoms with Crippen LogP contribution >= 0.6 is 0 Å². The van der Waals surface area contributed by atoms with Crippen molar-refractivity contribution in [1.82, 2.24) is 9.80 Å². The van der Waals surface area contributed by atoms with Crippen LogP contribution in [0, 0.1) is 11.3 Å². The fourth-order valence-electron chi connectivity index (χ4n) is 3.16. The van der Waals surface area contributed by atoms with Gasteiger partial charge in [0.05, 0.1) is 11.6 Å². The smallest absolute Gasteiger partial charge is 0.335 e. The summed E-state index contributed by atoms with van der Waals surface area (Å²) in [5.41, 5.74) is 2.59. The minimum atomic E-state index is -0.911. The number of carboxylic acids is 1. The molecule has 0 bridgehead atoms. The third-order valence-electron chi connectivity index (χ3n) is 4.56. The first-order chi connectivity index (χ1) is 12.2. The monoisotopic (exact) mass is 335 g/mol. The van der Waals surface area contributed by atoms with Crippen molar-refractivity contribution in [2.75, 3.05) is 19.6 Å². The maximum atomic E-state index is 10.9. The predicted molar refractivity (Wildman–Crippen MR) is 94.9 cm³/mol. The minimum absolute atomic E-state index is 0.132. The molecular formula is C20H21N3O2. The SMILES string of the molecule is N#CC1CN(Cc2ccc(C(=O)O)cc2)CCN1Cc1ccccc1. The molecule has 3 rings (SSSR count). The van der Waals surface area contributed by atoms with Gasteiger partial charge in [-0.15, -0.1) is 0 Å². The third kappa shape index (κ3) is 4.44. The van der Waals surface area contributed by atoms with Crippen LogP contribution in [-0.4, -0.2) is 46.6 Å². The number of carboxylic acid groups (broad SMARTS) is 1. The highest BCUT2D eigenvalue weighted by molar-refractivity contribution is 5.87. The van der Waals surface area contributed by atoms with E-state index in [0.717, 1.165) is 31.7 Å². The zero-order valence-corrected chi connectivity index (χ0v) is 14.0. The van der Waals surface area contributed by atoms with Gasteiger partial charge in [0.15, 0.2) is 0 Å². The number of nitrogens with zero attached hydrogens (tertiary/aromatic N) is 3. The summed E-state index contributed by atoms with van der Waals surface area (Å²) in [4.78, 5) is 15.4. The van der Waals surface area contributed by atoms with Crippen LogP contribution in [0.5, 0.6) is 0 Å². The summed E-state index contributed by atoms with van der Waals surface area (Å²) in [5, 5.41) is 18.5. The van der Waals surface area contributed by atoms with Crippen LogP contribution in [-0.2, 0) is 13.1 Å². The van der Waals surface area contributed by atoms with E-state index in [0.29, 0.717) is 12.1 Å². The van der Waals surface area contributed by atoms with E-state index < -0.39 is 5.97 Å². The topological polar surface area (TPSA) is 67.6 Å². The second-order valence-electron chi connectivity index (χ2n) is 6.34. The first-order valence-corrected chi connectivity index (χ1v) is 8.38. The van der Waals surface area contributed by atoms with Crippen molar-refractivity contribution < 1.29 is 9.90 Å². The average Bonchev–Trinajstić information content (AvgIpc) is 2.64. The van der Waals surface area contributed by atoms with Crippen LogP contribution in [0.4, 0.5) is 0 Å². The molecule has 2 aromatic rings. The fraction of sp³-hybridized carbons (Fsp3) is 0.300.